The maximum absolute atomic E-state index is 10.5. The molecule has 0 spiro atoms. The van der Waals surface area contributed by atoms with Crippen molar-refractivity contribution in [2.75, 3.05) is 0 Å². The molecule has 0 bridgehead atoms. The first-order valence-electron chi connectivity index (χ1n) is 3.29. The molecule has 1 rings (SSSR count). The normalized spacial score (nSPS) is 12.4. The zero-order valence-corrected chi connectivity index (χ0v) is 6.88. The van der Waals surface area contributed by atoms with Crippen molar-refractivity contribution >= 4 is 17.5 Å². The average molecular weight is 185 g/mol. The monoisotopic (exact) mass is 184 g/mol. The molecule has 0 aromatic heterocycles. The standard InChI is InChI=1S/C8H7ClNO2/c9-7(8(10)12)5-1-3-6(11)4-2-5/h1-4,7,10-11H. The molecule has 3 nitrogen and oxygen atoms in total. The Morgan fingerprint density at radius 2 is 1.92 bits per heavy atom. The van der Waals surface area contributed by atoms with Crippen LogP contribution >= 0.6 is 11.6 Å². The van der Waals surface area contributed by atoms with Crippen LogP contribution in [0.4, 0.5) is 0 Å². The second-order valence-electron chi connectivity index (χ2n) is 2.32. The summed E-state index contributed by atoms with van der Waals surface area (Å²) < 4.78 is 0. The fraction of sp³-hybridized carbons (Fsp3) is 0.125. The molecular weight excluding hydrogens is 178 g/mol. The van der Waals surface area contributed by atoms with Gasteiger partial charge in [-0.25, -0.2) is 0 Å². The molecule has 1 aromatic rings. The Kier molecular flexibility index (Phi) is 2.55. The molecule has 12 heavy (non-hydrogen) atoms. The Morgan fingerprint density at radius 1 is 1.42 bits per heavy atom. The number of rotatable bonds is 2. The largest absolute Gasteiger partial charge is 0.508 e. The molecule has 0 aliphatic heterocycles. The summed E-state index contributed by atoms with van der Waals surface area (Å²) >= 11 is 5.57. The Labute approximate surface area is 74.8 Å². The number of benzene rings is 1. The van der Waals surface area contributed by atoms with Crippen LogP contribution in [0.25, 0.3) is 0 Å². The molecule has 4 heteroatoms. The van der Waals surface area contributed by atoms with E-state index >= 15 is 0 Å². The van der Waals surface area contributed by atoms with Gasteiger partial charge in [0.1, 0.15) is 11.1 Å². The molecule has 2 N–H and O–H groups in total. The third-order valence-corrected chi connectivity index (χ3v) is 1.87. The Hall–Kier alpha value is -1.22. The van der Waals surface area contributed by atoms with E-state index in [-0.39, 0.29) is 5.75 Å². The number of amides is 1. The van der Waals surface area contributed by atoms with Gasteiger partial charge in [0.25, 0.3) is 5.91 Å². The highest BCUT2D eigenvalue weighted by Crippen LogP contribution is 2.21. The van der Waals surface area contributed by atoms with Gasteiger partial charge in [-0.2, -0.15) is 0 Å². The molecule has 0 saturated carbocycles. The zero-order valence-electron chi connectivity index (χ0n) is 6.12. The van der Waals surface area contributed by atoms with Crippen molar-refractivity contribution in [2.45, 2.75) is 5.38 Å². The van der Waals surface area contributed by atoms with Crippen LogP contribution in [0.15, 0.2) is 24.3 Å². The van der Waals surface area contributed by atoms with E-state index in [9.17, 15) is 4.79 Å². The molecule has 1 amide bonds. The van der Waals surface area contributed by atoms with Crippen LogP contribution in [0.3, 0.4) is 0 Å². The lowest BCUT2D eigenvalue weighted by atomic mass is 10.1. The van der Waals surface area contributed by atoms with Gasteiger partial charge in [0.05, 0.1) is 0 Å². The molecule has 1 atom stereocenters. The first-order chi connectivity index (χ1) is 5.61. The van der Waals surface area contributed by atoms with Gasteiger partial charge < -0.3 is 5.11 Å². The second-order valence-corrected chi connectivity index (χ2v) is 2.75. The van der Waals surface area contributed by atoms with Crippen molar-refractivity contribution < 1.29 is 9.90 Å². The molecule has 1 aromatic carbocycles. The molecule has 0 aliphatic carbocycles. The minimum atomic E-state index is -0.939. The summed E-state index contributed by atoms with van der Waals surface area (Å²) in [6, 6.07) is 5.88. The molecule has 0 saturated heterocycles. The summed E-state index contributed by atoms with van der Waals surface area (Å²) in [6.07, 6.45) is 0. The molecule has 0 aliphatic rings. The second kappa shape index (κ2) is 3.45. The third kappa shape index (κ3) is 1.89. The minimum absolute atomic E-state index is 0.111. The van der Waals surface area contributed by atoms with E-state index in [1.807, 2.05) is 0 Å². The minimum Gasteiger partial charge on any atom is -0.508 e. The predicted octanol–water partition coefficient (Wildman–Crippen LogP) is 1.48. The van der Waals surface area contributed by atoms with Crippen molar-refractivity contribution in [2.24, 2.45) is 0 Å². The summed E-state index contributed by atoms with van der Waals surface area (Å²) in [7, 11) is 0. The average Bonchev–Trinajstić information content (AvgIpc) is 2.04. The van der Waals surface area contributed by atoms with Gasteiger partial charge in [-0.3, -0.25) is 10.5 Å². The van der Waals surface area contributed by atoms with Gasteiger partial charge in [0.2, 0.25) is 0 Å². The first kappa shape index (κ1) is 8.87. The number of alkyl halides is 1. The summed E-state index contributed by atoms with van der Waals surface area (Å²) in [4.78, 5) is 10.5. The summed E-state index contributed by atoms with van der Waals surface area (Å²) in [6.45, 7) is 0. The number of nitrogens with one attached hydrogen (secondary N) is 1. The number of carbonyl (C=O) groups is 1. The van der Waals surface area contributed by atoms with E-state index in [1.54, 1.807) is 0 Å². The topological polar surface area (TPSA) is 61.1 Å². The molecule has 0 fully saturated rings. The number of phenols is 1. The Balaban J connectivity index is 2.89. The van der Waals surface area contributed by atoms with Crippen molar-refractivity contribution in [1.29, 1.82) is 0 Å². The SMILES string of the molecule is [NH]C(=O)C(Cl)c1ccc(O)cc1. The van der Waals surface area contributed by atoms with E-state index in [1.165, 1.54) is 24.3 Å². The molecule has 0 heterocycles. The number of hydrogen-bond acceptors (Lipinski definition) is 2. The van der Waals surface area contributed by atoms with E-state index in [0.717, 1.165) is 0 Å². The number of carbonyl (C=O) groups excluding carboxylic acids is 1. The van der Waals surface area contributed by atoms with E-state index in [0.29, 0.717) is 5.56 Å². The van der Waals surface area contributed by atoms with Crippen LogP contribution in [0.5, 0.6) is 5.75 Å². The van der Waals surface area contributed by atoms with Crippen LogP contribution < -0.4 is 5.73 Å². The van der Waals surface area contributed by atoms with E-state index in [4.69, 9.17) is 22.4 Å². The zero-order chi connectivity index (χ0) is 9.14. The predicted molar refractivity (Wildman–Crippen MR) is 44.8 cm³/mol. The number of aromatic hydroxyl groups is 1. The van der Waals surface area contributed by atoms with Crippen LogP contribution in [-0.2, 0) is 4.79 Å². The van der Waals surface area contributed by atoms with Gasteiger partial charge in [-0.1, -0.05) is 12.1 Å². The smallest absolute Gasteiger partial charge is 0.260 e. The highest BCUT2D eigenvalue weighted by atomic mass is 35.5. The highest BCUT2D eigenvalue weighted by molar-refractivity contribution is 6.30. The summed E-state index contributed by atoms with van der Waals surface area (Å²) in [5.41, 5.74) is 7.26. The van der Waals surface area contributed by atoms with Crippen LogP contribution in [0.2, 0.25) is 0 Å². The summed E-state index contributed by atoms with van der Waals surface area (Å²) in [5.74, 6) is -0.734. The first-order valence-corrected chi connectivity index (χ1v) is 3.73. The molecule has 1 radical (unpaired) electrons. The molecule has 63 valence electrons. The Morgan fingerprint density at radius 3 is 2.33 bits per heavy atom. The maximum Gasteiger partial charge on any atom is 0.260 e. The third-order valence-electron chi connectivity index (χ3n) is 1.42. The van der Waals surface area contributed by atoms with Crippen LogP contribution in [0, 0.1) is 0 Å². The van der Waals surface area contributed by atoms with Crippen molar-refractivity contribution in [3.05, 3.63) is 29.8 Å². The molecular formula is C8H7ClNO2. The van der Waals surface area contributed by atoms with Gasteiger partial charge >= 0.3 is 0 Å². The molecule has 1 unspecified atom stereocenters. The van der Waals surface area contributed by atoms with E-state index in [2.05, 4.69) is 0 Å². The maximum atomic E-state index is 10.5. The van der Waals surface area contributed by atoms with Gasteiger partial charge in [-0.05, 0) is 17.7 Å². The lowest BCUT2D eigenvalue weighted by Crippen LogP contribution is -2.06. The highest BCUT2D eigenvalue weighted by Gasteiger charge is 2.13. The van der Waals surface area contributed by atoms with Gasteiger partial charge in [-0.15, -0.1) is 11.6 Å². The lowest BCUT2D eigenvalue weighted by molar-refractivity contribution is -0.118. The fourth-order valence-electron chi connectivity index (χ4n) is 0.795. The van der Waals surface area contributed by atoms with Gasteiger partial charge in [0, 0.05) is 0 Å². The Bertz CT molecular complexity index is 284. The number of phenolic OH excluding ortho intramolecular Hbond substituents is 1. The van der Waals surface area contributed by atoms with E-state index < -0.39 is 11.3 Å². The number of halogens is 1. The summed E-state index contributed by atoms with van der Waals surface area (Å²) in [5, 5.41) is 7.96. The quantitative estimate of drug-likeness (QED) is 0.708. The van der Waals surface area contributed by atoms with Crippen LogP contribution in [-0.4, -0.2) is 11.0 Å². The van der Waals surface area contributed by atoms with Crippen molar-refractivity contribution in [1.82, 2.24) is 5.73 Å². The van der Waals surface area contributed by atoms with Crippen molar-refractivity contribution in [3.63, 3.8) is 0 Å². The van der Waals surface area contributed by atoms with Crippen LogP contribution in [0.1, 0.15) is 10.9 Å². The van der Waals surface area contributed by atoms with Gasteiger partial charge in [0.15, 0.2) is 0 Å². The lowest BCUT2D eigenvalue weighted by Gasteiger charge is -2.03. The van der Waals surface area contributed by atoms with Crippen molar-refractivity contribution in [3.8, 4) is 5.75 Å². The fourth-order valence-corrected chi connectivity index (χ4v) is 0.940. The number of hydrogen-bond donors (Lipinski definition) is 1.